The van der Waals surface area contributed by atoms with E-state index in [0.29, 0.717) is 13.2 Å². The van der Waals surface area contributed by atoms with E-state index in [1.165, 1.54) is 0 Å². The van der Waals surface area contributed by atoms with E-state index < -0.39 is 18.3 Å². The third-order valence-corrected chi connectivity index (χ3v) is 3.40. The number of fused-ring (bicyclic) bond motifs is 1. The van der Waals surface area contributed by atoms with E-state index >= 15 is 0 Å². The highest BCUT2D eigenvalue weighted by Gasteiger charge is 2.35. The number of benzene rings is 1. The van der Waals surface area contributed by atoms with Gasteiger partial charge in [0, 0.05) is 0 Å². The molecule has 0 fully saturated rings. The predicted octanol–water partition coefficient (Wildman–Crippen LogP) is 0.876. The molecule has 0 saturated heterocycles. The van der Waals surface area contributed by atoms with Gasteiger partial charge in [0.25, 0.3) is 0 Å². The van der Waals surface area contributed by atoms with E-state index in [2.05, 4.69) is 4.98 Å². The molecule has 5 nitrogen and oxygen atoms in total. The SMILES string of the molecule is O[C@@H]1[C@H](O)Cn2cncc2[C@H]1OCc1ccccc1. The van der Waals surface area contributed by atoms with E-state index in [9.17, 15) is 10.2 Å². The second-order valence-corrected chi connectivity index (χ2v) is 4.75. The van der Waals surface area contributed by atoms with Crippen LogP contribution >= 0.6 is 0 Å². The normalized spacial score (nSPS) is 26.1. The second kappa shape index (κ2) is 5.13. The molecule has 0 aliphatic carbocycles. The number of imidazole rings is 1. The number of rotatable bonds is 3. The molecule has 100 valence electrons. The van der Waals surface area contributed by atoms with Gasteiger partial charge in [-0.25, -0.2) is 4.98 Å². The largest absolute Gasteiger partial charge is 0.388 e. The van der Waals surface area contributed by atoms with Crippen molar-refractivity contribution in [3.05, 3.63) is 54.1 Å². The van der Waals surface area contributed by atoms with Crippen molar-refractivity contribution in [2.24, 2.45) is 0 Å². The van der Waals surface area contributed by atoms with E-state index in [-0.39, 0.29) is 0 Å². The zero-order valence-electron chi connectivity index (χ0n) is 10.4. The van der Waals surface area contributed by atoms with Crippen molar-refractivity contribution in [1.29, 1.82) is 0 Å². The molecule has 2 aromatic rings. The molecule has 1 aromatic carbocycles. The number of ether oxygens (including phenoxy) is 1. The lowest BCUT2D eigenvalue weighted by Gasteiger charge is -2.32. The summed E-state index contributed by atoms with van der Waals surface area (Å²) in [5.74, 6) is 0. The Morgan fingerprint density at radius 1 is 1.26 bits per heavy atom. The highest BCUT2D eigenvalue weighted by Crippen LogP contribution is 2.29. The topological polar surface area (TPSA) is 67.5 Å². The fourth-order valence-electron chi connectivity index (χ4n) is 2.35. The van der Waals surface area contributed by atoms with Crippen LogP contribution in [0.3, 0.4) is 0 Å². The summed E-state index contributed by atoms with van der Waals surface area (Å²) in [4.78, 5) is 4.04. The summed E-state index contributed by atoms with van der Waals surface area (Å²) in [6.07, 6.45) is 1.01. The van der Waals surface area contributed by atoms with Gasteiger partial charge in [-0.3, -0.25) is 0 Å². The van der Waals surface area contributed by atoms with Gasteiger partial charge in [0.15, 0.2) is 0 Å². The molecular weight excluding hydrogens is 244 g/mol. The van der Waals surface area contributed by atoms with Crippen molar-refractivity contribution in [3.8, 4) is 0 Å². The molecule has 0 amide bonds. The molecule has 5 heteroatoms. The number of aliphatic hydroxyl groups is 2. The summed E-state index contributed by atoms with van der Waals surface area (Å²) in [5, 5.41) is 19.9. The first-order chi connectivity index (χ1) is 9.25. The van der Waals surface area contributed by atoms with Gasteiger partial charge >= 0.3 is 0 Å². The average Bonchev–Trinajstić information content (AvgIpc) is 2.88. The maximum atomic E-state index is 10.1. The fourth-order valence-corrected chi connectivity index (χ4v) is 2.35. The van der Waals surface area contributed by atoms with Gasteiger partial charge in [-0.1, -0.05) is 30.3 Å². The Bertz CT molecular complexity index is 541. The van der Waals surface area contributed by atoms with E-state index in [4.69, 9.17) is 4.74 Å². The summed E-state index contributed by atoms with van der Waals surface area (Å²) < 4.78 is 7.58. The van der Waals surface area contributed by atoms with Crippen LogP contribution in [0.15, 0.2) is 42.9 Å². The van der Waals surface area contributed by atoms with Crippen LogP contribution in [0.25, 0.3) is 0 Å². The number of hydrogen-bond donors (Lipinski definition) is 2. The van der Waals surface area contributed by atoms with Crippen LogP contribution in [0, 0.1) is 0 Å². The molecule has 2 N–H and O–H groups in total. The Morgan fingerprint density at radius 3 is 2.84 bits per heavy atom. The zero-order valence-corrected chi connectivity index (χ0v) is 10.4. The molecule has 2 heterocycles. The lowest BCUT2D eigenvalue weighted by atomic mass is 10.0. The third kappa shape index (κ3) is 2.40. The number of aliphatic hydroxyl groups excluding tert-OH is 2. The summed E-state index contributed by atoms with van der Waals surface area (Å²) in [6.45, 7) is 0.738. The van der Waals surface area contributed by atoms with Crippen molar-refractivity contribution < 1.29 is 14.9 Å². The molecule has 0 unspecified atom stereocenters. The quantitative estimate of drug-likeness (QED) is 0.859. The van der Waals surface area contributed by atoms with Gasteiger partial charge in [-0.2, -0.15) is 0 Å². The van der Waals surface area contributed by atoms with Crippen molar-refractivity contribution >= 4 is 0 Å². The Labute approximate surface area is 111 Å². The van der Waals surface area contributed by atoms with Crippen molar-refractivity contribution in [3.63, 3.8) is 0 Å². The van der Waals surface area contributed by atoms with Crippen molar-refractivity contribution in [2.75, 3.05) is 0 Å². The molecule has 0 radical (unpaired) electrons. The Morgan fingerprint density at radius 2 is 2.05 bits per heavy atom. The maximum absolute atomic E-state index is 10.1. The van der Waals surface area contributed by atoms with Gasteiger partial charge in [0.2, 0.25) is 0 Å². The van der Waals surface area contributed by atoms with E-state index in [0.717, 1.165) is 11.3 Å². The highest BCUT2D eigenvalue weighted by molar-refractivity contribution is 5.15. The zero-order chi connectivity index (χ0) is 13.2. The summed E-state index contributed by atoms with van der Waals surface area (Å²) in [6, 6.07) is 9.74. The Hall–Kier alpha value is -1.69. The Kier molecular flexibility index (Phi) is 3.33. The van der Waals surface area contributed by atoms with Gasteiger partial charge in [-0.15, -0.1) is 0 Å². The van der Waals surface area contributed by atoms with Crippen LogP contribution < -0.4 is 0 Å². The Balaban J connectivity index is 1.77. The first-order valence-electron chi connectivity index (χ1n) is 6.27. The van der Waals surface area contributed by atoms with Crippen LogP contribution in [-0.4, -0.2) is 32.0 Å². The molecule has 1 aliphatic heterocycles. The fraction of sp³-hybridized carbons (Fsp3) is 0.357. The van der Waals surface area contributed by atoms with Crippen LogP contribution in [0.5, 0.6) is 0 Å². The molecule has 3 atom stereocenters. The molecule has 0 saturated carbocycles. The van der Waals surface area contributed by atoms with Crippen molar-refractivity contribution in [1.82, 2.24) is 9.55 Å². The molecule has 0 spiro atoms. The molecule has 1 aromatic heterocycles. The van der Waals surface area contributed by atoms with Gasteiger partial charge in [-0.05, 0) is 5.56 Å². The minimum atomic E-state index is -0.923. The molecule has 19 heavy (non-hydrogen) atoms. The minimum Gasteiger partial charge on any atom is -0.388 e. The van der Waals surface area contributed by atoms with Crippen LogP contribution in [0.4, 0.5) is 0 Å². The van der Waals surface area contributed by atoms with Crippen molar-refractivity contribution in [2.45, 2.75) is 31.5 Å². The lowest BCUT2D eigenvalue weighted by molar-refractivity contribution is -0.117. The summed E-state index contributed by atoms with van der Waals surface area (Å²) in [5.41, 5.74) is 1.83. The van der Waals surface area contributed by atoms with E-state index in [1.807, 2.05) is 34.9 Å². The predicted molar refractivity (Wildman–Crippen MR) is 68.2 cm³/mol. The molecular formula is C14H16N2O3. The van der Waals surface area contributed by atoms with Gasteiger partial charge < -0.3 is 19.5 Å². The summed E-state index contributed by atoms with van der Waals surface area (Å²) in [7, 11) is 0. The first kappa shape index (κ1) is 12.3. The van der Waals surface area contributed by atoms with Crippen LogP contribution in [-0.2, 0) is 17.9 Å². The molecule has 3 rings (SSSR count). The van der Waals surface area contributed by atoms with Crippen LogP contribution in [0.1, 0.15) is 17.4 Å². The van der Waals surface area contributed by atoms with Gasteiger partial charge in [0.05, 0.1) is 31.4 Å². The van der Waals surface area contributed by atoms with Gasteiger partial charge in [0.1, 0.15) is 18.3 Å². The summed E-state index contributed by atoms with van der Waals surface area (Å²) >= 11 is 0. The third-order valence-electron chi connectivity index (χ3n) is 3.40. The smallest absolute Gasteiger partial charge is 0.128 e. The molecule has 0 bridgehead atoms. The van der Waals surface area contributed by atoms with Crippen LogP contribution in [0.2, 0.25) is 0 Å². The maximum Gasteiger partial charge on any atom is 0.128 e. The number of aromatic nitrogens is 2. The second-order valence-electron chi connectivity index (χ2n) is 4.75. The monoisotopic (exact) mass is 260 g/mol. The average molecular weight is 260 g/mol. The van der Waals surface area contributed by atoms with E-state index in [1.54, 1.807) is 12.5 Å². The minimum absolute atomic E-state index is 0.349. The lowest BCUT2D eigenvalue weighted by Crippen LogP contribution is -2.42. The standard InChI is InChI=1S/C14H16N2O3/c17-12-7-16-9-15-6-11(16)14(13(12)18)19-8-10-4-2-1-3-5-10/h1-6,9,12-14,17-18H,7-8H2/t12-,13-,14-/m1/s1. The first-order valence-corrected chi connectivity index (χ1v) is 6.27. The highest BCUT2D eigenvalue weighted by atomic mass is 16.5. The number of nitrogens with zero attached hydrogens (tertiary/aromatic N) is 2. The number of hydrogen-bond acceptors (Lipinski definition) is 4. The molecule has 1 aliphatic rings.